The highest BCUT2D eigenvalue weighted by Gasteiger charge is 2.35. The molecule has 1 fully saturated rings. The SMILES string of the molecule is CC.CC.CC.CC(C)(C(=O)c1ccc(CS)cc1)N1CCCCC1.O=C(c1ccccc1)c1ccc(O)cc1.O=c1c2ccccc2sc2ccccc12. The number of hydrogen-bond donors (Lipinski definition) is 2. The van der Waals surface area contributed by atoms with Gasteiger partial charge in [-0.1, -0.05) is 127 Å². The van der Waals surface area contributed by atoms with Crippen molar-refractivity contribution >= 4 is 55.7 Å². The van der Waals surface area contributed by atoms with E-state index in [4.69, 9.17) is 5.11 Å². The van der Waals surface area contributed by atoms with Crippen LogP contribution in [0.25, 0.3) is 20.2 Å². The minimum Gasteiger partial charge on any atom is -0.508 e. The summed E-state index contributed by atoms with van der Waals surface area (Å²) in [6.07, 6.45) is 3.70. The lowest BCUT2D eigenvalue weighted by molar-refractivity contribution is 0.0579. The molecule has 292 valence electrons. The number of Topliss-reactive ketones (excluding diaryl/α,β-unsaturated/α-hetero) is 1. The van der Waals surface area contributed by atoms with Crippen molar-refractivity contribution in [3.05, 3.63) is 160 Å². The minimum atomic E-state index is -0.400. The normalized spacial score (nSPS) is 12.0. The molecule has 5 nitrogen and oxygen atoms in total. The van der Waals surface area contributed by atoms with Gasteiger partial charge in [0.15, 0.2) is 17.0 Å². The van der Waals surface area contributed by atoms with Gasteiger partial charge in [0.1, 0.15) is 5.75 Å². The molecule has 1 aromatic heterocycles. The van der Waals surface area contributed by atoms with Gasteiger partial charge in [0, 0.05) is 42.6 Å². The van der Waals surface area contributed by atoms with Gasteiger partial charge in [0.05, 0.1) is 5.54 Å². The van der Waals surface area contributed by atoms with Crippen LogP contribution >= 0.6 is 24.0 Å². The van der Waals surface area contributed by atoms with Crippen LogP contribution in [-0.4, -0.2) is 40.2 Å². The van der Waals surface area contributed by atoms with Crippen molar-refractivity contribution in [2.75, 3.05) is 13.1 Å². The molecule has 0 atom stereocenters. The fourth-order valence-electron chi connectivity index (χ4n) is 5.83. The summed E-state index contributed by atoms with van der Waals surface area (Å²) in [4.78, 5) is 39.0. The first kappa shape index (κ1) is 46.6. The van der Waals surface area contributed by atoms with Crippen molar-refractivity contribution in [3.8, 4) is 5.75 Å². The lowest BCUT2D eigenvalue weighted by atomic mass is 9.89. The molecule has 0 bridgehead atoms. The Kier molecular flexibility index (Phi) is 21.0. The lowest BCUT2D eigenvalue weighted by Crippen LogP contribution is -2.52. The van der Waals surface area contributed by atoms with E-state index >= 15 is 0 Å². The van der Waals surface area contributed by atoms with Gasteiger partial charge < -0.3 is 5.11 Å². The molecule has 1 saturated heterocycles. The smallest absolute Gasteiger partial charge is 0.195 e. The molecule has 1 N–H and O–H groups in total. The molecule has 1 aliphatic rings. The fourth-order valence-corrected chi connectivity index (χ4v) is 7.11. The molecule has 55 heavy (non-hydrogen) atoms. The van der Waals surface area contributed by atoms with Gasteiger partial charge in [-0.15, -0.1) is 11.3 Å². The van der Waals surface area contributed by atoms with Crippen LogP contribution in [0.1, 0.15) is 106 Å². The number of aromatic hydroxyl groups is 1. The molecule has 7 rings (SSSR count). The average Bonchev–Trinajstić information content (AvgIpc) is 3.27. The van der Waals surface area contributed by atoms with Crippen LogP contribution in [0.15, 0.2) is 132 Å². The second-order valence-electron chi connectivity index (χ2n) is 12.5. The fraction of sp³-hybridized carbons (Fsp3) is 0.312. The number of phenols is 1. The second-order valence-corrected chi connectivity index (χ2v) is 13.9. The van der Waals surface area contributed by atoms with Gasteiger partial charge in [-0.3, -0.25) is 19.3 Å². The monoisotopic (exact) mass is 777 g/mol. The minimum absolute atomic E-state index is 0.0319. The summed E-state index contributed by atoms with van der Waals surface area (Å²) in [7, 11) is 0. The van der Waals surface area contributed by atoms with Crippen molar-refractivity contribution in [2.45, 2.75) is 85.9 Å². The number of ketones is 2. The van der Waals surface area contributed by atoms with Crippen LogP contribution in [0.2, 0.25) is 0 Å². The first-order valence-corrected chi connectivity index (χ1v) is 20.9. The van der Waals surface area contributed by atoms with Gasteiger partial charge in [-0.2, -0.15) is 12.6 Å². The summed E-state index contributed by atoms with van der Waals surface area (Å²) in [5, 5.41) is 10.7. The van der Waals surface area contributed by atoms with E-state index in [2.05, 4.69) is 17.5 Å². The zero-order valence-corrected chi connectivity index (χ0v) is 35.6. The molecule has 0 spiro atoms. The Hall–Kier alpha value is -4.56. The molecule has 0 saturated carbocycles. The van der Waals surface area contributed by atoms with Crippen molar-refractivity contribution in [2.24, 2.45) is 0 Å². The predicted octanol–water partition coefficient (Wildman–Crippen LogP) is 12.7. The summed E-state index contributed by atoms with van der Waals surface area (Å²) in [6, 6.07) is 38.7. The van der Waals surface area contributed by atoms with E-state index in [0.717, 1.165) is 44.4 Å². The summed E-state index contributed by atoms with van der Waals surface area (Å²) < 4.78 is 2.11. The third-order valence-electron chi connectivity index (χ3n) is 8.75. The van der Waals surface area contributed by atoms with Gasteiger partial charge in [0.25, 0.3) is 0 Å². The molecular formula is C48H59NO4S2. The number of carbonyl (C=O) groups excluding carboxylic acids is 2. The standard InChI is InChI=1S/C16H23NOS.C13H10O2.C13H8OS.3C2H6/c1-16(2,17-10-4-3-5-11-17)15(18)14-8-6-13(12-19)7-9-14;14-12-8-6-11(7-9-12)13(15)10-4-2-1-3-5-10;14-13-9-5-1-3-7-11(9)15-12-8-4-2-6-10(12)13;3*1-2/h6-9,19H,3-5,10-12H2,1-2H3;1-9,14H;1-8H;3*1-2H3. The molecule has 6 aromatic rings. The molecule has 0 unspecified atom stereocenters. The van der Waals surface area contributed by atoms with Gasteiger partial charge in [-0.25, -0.2) is 0 Å². The Labute approximate surface area is 338 Å². The van der Waals surface area contributed by atoms with Gasteiger partial charge in [0.2, 0.25) is 0 Å². The maximum atomic E-state index is 12.7. The number of hydrogen-bond acceptors (Lipinski definition) is 7. The summed E-state index contributed by atoms with van der Waals surface area (Å²) in [6.45, 7) is 18.2. The van der Waals surface area contributed by atoms with E-state index in [1.165, 1.54) is 31.4 Å². The van der Waals surface area contributed by atoms with Crippen molar-refractivity contribution in [1.82, 2.24) is 4.90 Å². The molecule has 7 heteroatoms. The van der Waals surface area contributed by atoms with E-state index in [1.807, 2.05) is 146 Å². The number of fused-ring (bicyclic) bond motifs is 2. The van der Waals surface area contributed by atoms with Crippen LogP contribution in [-0.2, 0) is 5.75 Å². The molecule has 2 heterocycles. The number of nitrogens with zero attached hydrogens (tertiary/aromatic N) is 1. The Morgan fingerprint density at radius 2 is 1.05 bits per heavy atom. The summed E-state index contributed by atoms with van der Waals surface area (Å²) >= 11 is 5.91. The molecule has 0 radical (unpaired) electrons. The van der Waals surface area contributed by atoms with E-state index in [9.17, 15) is 14.4 Å². The summed E-state index contributed by atoms with van der Waals surface area (Å²) in [5.41, 5.74) is 2.93. The number of rotatable bonds is 6. The van der Waals surface area contributed by atoms with Crippen molar-refractivity contribution in [1.29, 1.82) is 0 Å². The van der Waals surface area contributed by atoms with Gasteiger partial charge in [-0.05, 0) is 93.9 Å². The number of benzene rings is 5. The van der Waals surface area contributed by atoms with Crippen LogP contribution in [0, 0.1) is 0 Å². The lowest BCUT2D eigenvalue weighted by Gasteiger charge is -2.39. The van der Waals surface area contributed by atoms with E-state index < -0.39 is 5.54 Å². The molecule has 0 aliphatic carbocycles. The number of piperidine rings is 1. The highest BCUT2D eigenvalue weighted by Crippen LogP contribution is 2.26. The third kappa shape index (κ3) is 13.3. The van der Waals surface area contributed by atoms with E-state index in [-0.39, 0.29) is 22.7 Å². The Bertz CT molecular complexity index is 2010. The van der Waals surface area contributed by atoms with Crippen LogP contribution in [0.4, 0.5) is 0 Å². The number of likely N-dealkylation sites (tertiary alicyclic amines) is 1. The molecule has 5 aromatic carbocycles. The second kappa shape index (κ2) is 24.8. The Balaban J connectivity index is 0.000000268. The maximum absolute atomic E-state index is 12.7. The highest BCUT2D eigenvalue weighted by atomic mass is 32.1. The largest absolute Gasteiger partial charge is 0.508 e. The molecular weight excluding hydrogens is 719 g/mol. The summed E-state index contributed by atoms with van der Waals surface area (Å²) in [5.74, 6) is 1.07. The quantitative estimate of drug-likeness (QED) is 0.100. The molecule has 1 aliphatic heterocycles. The number of thiol groups is 1. The Morgan fingerprint density at radius 3 is 1.55 bits per heavy atom. The zero-order valence-electron chi connectivity index (χ0n) is 33.8. The highest BCUT2D eigenvalue weighted by molar-refractivity contribution is 7.79. The van der Waals surface area contributed by atoms with E-state index in [0.29, 0.717) is 16.9 Å². The van der Waals surface area contributed by atoms with Crippen LogP contribution < -0.4 is 5.43 Å². The number of carbonyl (C=O) groups is 2. The zero-order chi connectivity index (χ0) is 40.8. The molecule has 0 amide bonds. The predicted molar refractivity (Wildman–Crippen MR) is 241 cm³/mol. The van der Waals surface area contributed by atoms with Gasteiger partial charge >= 0.3 is 0 Å². The van der Waals surface area contributed by atoms with Crippen LogP contribution in [0.5, 0.6) is 5.75 Å². The number of phenolic OH excluding ortho intramolecular Hbond substituents is 1. The first-order chi connectivity index (χ1) is 26.7. The van der Waals surface area contributed by atoms with Crippen molar-refractivity contribution < 1.29 is 14.7 Å². The Morgan fingerprint density at radius 1 is 0.618 bits per heavy atom. The van der Waals surface area contributed by atoms with Crippen molar-refractivity contribution in [3.63, 3.8) is 0 Å². The third-order valence-corrected chi connectivity index (χ3v) is 10.3. The first-order valence-electron chi connectivity index (χ1n) is 19.5. The average molecular weight is 778 g/mol. The van der Waals surface area contributed by atoms with Crippen LogP contribution in [0.3, 0.4) is 0 Å². The maximum Gasteiger partial charge on any atom is 0.195 e. The topological polar surface area (TPSA) is 74.7 Å². The van der Waals surface area contributed by atoms with E-state index in [1.54, 1.807) is 35.6 Å².